The fourth-order valence-electron chi connectivity index (χ4n) is 1.79. The fraction of sp³-hybridized carbons (Fsp3) is 0.600. The smallest absolute Gasteiger partial charge is 0.307 e. The summed E-state index contributed by atoms with van der Waals surface area (Å²) in [5.74, 6) is -0.791. The molecule has 1 aromatic rings. The number of rotatable bonds is 3. The molecule has 0 unspecified atom stereocenters. The predicted molar refractivity (Wildman–Crippen MR) is 51.2 cm³/mol. The third-order valence-corrected chi connectivity index (χ3v) is 2.91. The molecule has 0 atom stereocenters. The highest BCUT2D eigenvalue weighted by Gasteiger charge is 2.22. The van der Waals surface area contributed by atoms with Gasteiger partial charge in [-0.15, -0.1) is 0 Å². The largest absolute Gasteiger partial charge is 0.481 e. The summed E-state index contributed by atoms with van der Waals surface area (Å²) >= 11 is 0. The van der Waals surface area contributed by atoms with E-state index >= 15 is 0 Å². The summed E-state index contributed by atoms with van der Waals surface area (Å²) in [5, 5.41) is 12.9. The van der Waals surface area contributed by atoms with Crippen molar-refractivity contribution in [3.63, 3.8) is 0 Å². The molecule has 0 bridgehead atoms. The fourth-order valence-corrected chi connectivity index (χ4v) is 1.79. The van der Waals surface area contributed by atoms with Crippen LogP contribution in [0.15, 0.2) is 6.20 Å². The number of carbonyl (C=O) groups is 1. The Balaban J connectivity index is 2.18. The van der Waals surface area contributed by atoms with Gasteiger partial charge in [-0.05, 0) is 26.2 Å². The minimum atomic E-state index is -0.791. The van der Waals surface area contributed by atoms with E-state index in [1.54, 1.807) is 6.20 Å². The maximum absolute atomic E-state index is 10.5. The van der Waals surface area contributed by atoms with Crippen molar-refractivity contribution < 1.29 is 9.90 Å². The standard InChI is InChI=1S/C10H14N2O2/c1-7-8(5-10(13)14)6-11-12(7)9-3-2-4-9/h6,9H,2-5H2,1H3,(H,13,14). The zero-order valence-electron chi connectivity index (χ0n) is 8.23. The Kier molecular flexibility index (Phi) is 2.27. The summed E-state index contributed by atoms with van der Waals surface area (Å²) in [5.41, 5.74) is 1.85. The molecular formula is C10H14N2O2. The Morgan fingerprint density at radius 1 is 1.71 bits per heavy atom. The topological polar surface area (TPSA) is 55.1 Å². The lowest BCUT2D eigenvalue weighted by Gasteiger charge is -2.27. The molecule has 1 aliphatic carbocycles. The Morgan fingerprint density at radius 2 is 2.43 bits per heavy atom. The first kappa shape index (κ1) is 9.24. The number of aliphatic carboxylic acids is 1. The van der Waals surface area contributed by atoms with Crippen molar-refractivity contribution in [1.29, 1.82) is 0 Å². The molecule has 1 aromatic heterocycles. The molecule has 0 saturated heterocycles. The zero-order chi connectivity index (χ0) is 10.1. The molecular weight excluding hydrogens is 180 g/mol. The van der Waals surface area contributed by atoms with Crippen molar-refractivity contribution in [3.8, 4) is 0 Å². The van der Waals surface area contributed by atoms with Gasteiger partial charge in [0.2, 0.25) is 0 Å². The highest BCUT2D eigenvalue weighted by Crippen LogP contribution is 2.32. The monoisotopic (exact) mass is 194 g/mol. The van der Waals surface area contributed by atoms with Crippen LogP contribution in [0.5, 0.6) is 0 Å². The van der Waals surface area contributed by atoms with Gasteiger partial charge in [-0.3, -0.25) is 9.48 Å². The van der Waals surface area contributed by atoms with Gasteiger partial charge in [-0.2, -0.15) is 5.10 Å². The van der Waals surface area contributed by atoms with Crippen molar-refractivity contribution in [2.24, 2.45) is 0 Å². The predicted octanol–water partition coefficient (Wildman–Crippen LogP) is 1.54. The van der Waals surface area contributed by atoms with Crippen LogP contribution in [-0.2, 0) is 11.2 Å². The van der Waals surface area contributed by atoms with E-state index in [9.17, 15) is 4.79 Å². The van der Waals surface area contributed by atoms with Gasteiger partial charge in [0.1, 0.15) is 0 Å². The highest BCUT2D eigenvalue weighted by atomic mass is 16.4. The molecule has 4 nitrogen and oxygen atoms in total. The van der Waals surface area contributed by atoms with Crippen LogP contribution in [0.3, 0.4) is 0 Å². The van der Waals surface area contributed by atoms with Crippen LogP contribution in [0.2, 0.25) is 0 Å². The van der Waals surface area contributed by atoms with Crippen LogP contribution in [0.25, 0.3) is 0 Å². The number of nitrogens with zero attached hydrogens (tertiary/aromatic N) is 2. The summed E-state index contributed by atoms with van der Waals surface area (Å²) in [7, 11) is 0. The average Bonchev–Trinajstić information content (AvgIpc) is 2.32. The average molecular weight is 194 g/mol. The Bertz CT molecular complexity index is 353. The lowest BCUT2D eigenvalue weighted by atomic mass is 9.93. The van der Waals surface area contributed by atoms with E-state index in [1.165, 1.54) is 19.3 Å². The molecule has 4 heteroatoms. The molecule has 14 heavy (non-hydrogen) atoms. The van der Waals surface area contributed by atoms with E-state index in [2.05, 4.69) is 5.10 Å². The summed E-state index contributed by atoms with van der Waals surface area (Å²) in [4.78, 5) is 10.5. The van der Waals surface area contributed by atoms with E-state index in [0.717, 1.165) is 11.3 Å². The number of aromatic nitrogens is 2. The molecule has 1 fully saturated rings. The third-order valence-electron chi connectivity index (χ3n) is 2.91. The van der Waals surface area contributed by atoms with Gasteiger partial charge in [0.05, 0.1) is 18.7 Å². The lowest BCUT2D eigenvalue weighted by Crippen LogP contribution is -2.19. The van der Waals surface area contributed by atoms with E-state index in [0.29, 0.717) is 6.04 Å². The Hall–Kier alpha value is -1.32. The van der Waals surface area contributed by atoms with Crippen LogP contribution in [0.4, 0.5) is 0 Å². The van der Waals surface area contributed by atoms with E-state index < -0.39 is 5.97 Å². The van der Waals surface area contributed by atoms with Gasteiger partial charge >= 0.3 is 5.97 Å². The maximum atomic E-state index is 10.5. The summed E-state index contributed by atoms with van der Waals surface area (Å²) in [6, 6.07) is 0.512. The van der Waals surface area contributed by atoms with Gasteiger partial charge in [0, 0.05) is 11.3 Å². The van der Waals surface area contributed by atoms with Crippen LogP contribution in [-0.4, -0.2) is 20.9 Å². The third kappa shape index (κ3) is 1.52. The number of hydrogen-bond acceptors (Lipinski definition) is 2. The second-order valence-electron chi connectivity index (χ2n) is 3.86. The molecule has 2 rings (SSSR count). The quantitative estimate of drug-likeness (QED) is 0.794. The van der Waals surface area contributed by atoms with Gasteiger partial charge in [-0.1, -0.05) is 0 Å². The highest BCUT2D eigenvalue weighted by molar-refractivity contribution is 5.70. The van der Waals surface area contributed by atoms with Crippen LogP contribution in [0.1, 0.15) is 36.6 Å². The molecule has 1 N–H and O–H groups in total. The second kappa shape index (κ2) is 3.44. The lowest BCUT2D eigenvalue weighted by molar-refractivity contribution is -0.136. The maximum Gasteiger partial charge on any atom is 0.307 e. The molecule has 0 aliphatic heterocycles. The van der Waals surface area contributed by atoms with Crippen LogP contribution >= 0.6 is 0 Å². The van der Waals surface area contributed by atoms with E-state index in [1.807, 2.05) is 11.6 Å². The number of hydrogen-bond donors (Lipinski definition) is 1. The van der Waals surface area contributed by atoms with Crippen molar-refractivity contribution in [3.05, 3.63) is 17.5 Å². The first-order chi connectivity index (χ1) is 6.68. The van der Waals surface area contributed by atoms with Crippen LogP contribution < -0.4 is 0 Å². The van der Waals surface area contributed by atoms with Gasteiger partial charge in [0.25, 0.3) is 0 Å². The van der Waals surface area contributed by atoms with Crippen molar-refractivity contribution in [2.45, 2.75) is 38.6 Å². The second-order valence-corrected chi connectivity index (χ2v) is 3.86. The van der Waals surface area contributed by atoms with Crippen molar-refractivity contribution in [2.75, 3.05) is 0 Å². The first-order valence-corrected chi connectivity index (χ1v) is 4.93. The van der Waals surface area contributed by atoms with Crippen molar-refractivity contribution >= 4 is 5.97 Å². The molecule has 1 saturated carbocycles. The molecule has 0 spiro atoms. The summed E-state index contributed by atoms with van der Waals surface area (Å²) < 4.78 is 1.97. The number of carboxylic acids is 1. The molecule has 1 heterocycles. The first-order valence-electron chi connectivity index (χ1n) is 4.93. The Morgan fingerprint density at radius 3 is 2.93 bits per heavy atom. The zero-order valence-corrected chi connectivity index (χ0v) is 8.23. The van der Waals surface area contributed by atoms with Crippen molar-refractivity contribution in [1.82, 2.24) is 9.78 Å². The SMILES string of the molecule is Cc1c(CC(=O)O)cnn1C1CCC1. The summed E-state index contributed by atoms with van der Waals surface area (Å²) in [6.07, 6.45) is 5.38. The van der Waals surface area contributed by atoms with Crippen LogP contribution in [0, 0.1) is 6.92 Å². The molecule has 1 aliphatic rings. The van der Waals surface area contributed by atoms with E-state index in [4.69, 9.17) is 5.11 Å². The minimum Gasteiger partial charge on any atom is -0.481 e. The van der Waals surface area contributed by atoms with Gasteiger partial charge in [-0.25, -0.2) is 0 Å². The molecule has 0 amide bonds. The minimum absolute atomic E-state index is 0.0819. The van der Waals surface area contributed by atoms with Gasteiger partial charge in [0.15, 0.2) is 0 Å². The van der Waals surface area contributed by atoms with E-state index in [-0.39, 0.29) is 6.42 Å². The normalized spacial score (nSPS) is 16.6. The summed E-state index contributed by atoms with van der Waals surface area (Å²) in [6.45, 7) is 1.95. The number of carboxylic acid groups (broad SMARTS) is 1. The van der Waals surface area contributed by atoms with Gasteiger partial charge < -0.3 is 5.11 Å². The Labute approximate surface area is 82.5 Å². The molecule has 76 valence electrons. The molecule has 0 aromatic carbocycles. The molecule has 0 radical (unpaired) electrons.